The molecule has 1 aromatic carbocycles. The Hall–Kier alpha value is -0.670. The highest BCUT2D eigenvalue weighted by Crippen LogP contribution is 2.28. The molecule has 1 fully saturated rings. The molecule has 1 aromatic rings. The Morgan fingerprint density at radius 1 is 1.56 bits per heavy atom. The first-order chi connectivity index (χ1) is 7.70. The van der Waals surface area contributed by atoms with Gasteiger partial charge in [0, 0.05) is 11.4 Å². The van der Waals surface area contributed by atoms with Crippen molar-refractivity contribution in [2.45, 2.75) is 17.7 Å². The summed E-state index contributed by atoms with van der Waals surface area (Å²) in [4.78, 5) is 12.9. The molecular weight excluding hydrogens is 242 g/mol. The molecule has 86 valence electrons. The minimum atomic E-state index is -0.0622. The van der Waals surface area contributed by atoms with Gasteiger partial charge in [-0.1, -0.05) is 11.6 Å². The number of hydrogen-bond acceptors (Lipinski definition) is 2. The monoisotopic (exact) mass is 255 g/mol. The average Bonchev–Trinajstić information content (AvgIpc) is 3.10. The molecule has 0 aliphatic heterocycles. The molecule has 0 atom stereocenters. The number of nitrogens with one attached hydrogen (secondary N) is 1. The average molecular weight is 256 g/mol. The zero-order valence-electron chi connectivity index (χ0n) is 9.13. The lowest BCUT2D eigenvalue weighted by Gasteiger charge is -2.07. The van der Waals surface area contributed by atoms with Crippen LogP contribution in [0.2, 0.25) is 5.02 Å². The number of carbonyl (C=O) groups excluding carboxylic acids is 1. The van der Waals surface area contributed by atoms with Crippen LogP contribution < -0.4 is 5.32 Å². The number of carbonyl (C=O) groups is 1. The number of rotatable bonds is 4. The van der Waals surface area contributed by atoms with Crippen molar-refractivity contribution in [1.29, 1.82) is 0 Å². The fourth-order valence-electron chi connectivity index (χ4n) is 1.46. The minimum absolute atomic E-state index is 0.0622. The van der Waals surface area contributed by atoms with Crippen molar-refractivity contribution in [3.8, 4) is 0 Å². The lowest BCUT2D eigenvalue weighted by Crippen LogP contribution is -2.25. The molecule has 0 radical (unpaired) electrons. The van der Waals surface area contributed by atoms with Crippen LogP contribution in [0.4, 0.5) is 0 Å². The number of hydrogen-bond donors (Lipinski definition) is 1. The smallest absolute Gasteiger partial charge is 0.252 e. The third kappa shape index (κ3) is 2.92. The summed E-state index contributed by atoms with van der Waals surface area (Å²) < 4.78 is 0. The Kier molecular flexibility index (Phi) is 3.77. The van der Waals surface area contributed by atoms with Gasteiger partial charge in [-0.2, -0.15) is 0 Å². The standard InChI is InChI=1S/C12H14ClNOS/c1-16-9-4-5-11(13)10(6-9)12(15)14-7-8-2-3-8/h4-6,8H,2-3,7H2,1H3,(H,14,15). The van der Waals surface area contributed by atoms with E-state index in [0.717, 1.165) is 11.4 Å². The molecule has 1 N–H and O–H groups in total. The molecule has 0 bridgehead atoms. The minimum Gasteiger partial charge on any atom is -0.352 e. The molecule has 0 spiro atoms. The summed E-state index contributed by atoms with van der Waals surface area (Å²) in [6, 6.07) is 5.54. The summed E-state index contributed by atoms with van der Waals surface area (Å²) in [6.45, 7) is 0.776. The van der Waals surface area contributed by atoms with Crippen molar-refractivity contribution >= 4 is 29.3 Å². The summed E-state index contributed by atoms with van der Waals surface area (Å²) in [5.74, 6) is 0.624. The molecule has 1 saturated carbocycles. The van der Waals surface area contributed by atoms with Crippen molar-refractivity contribution in [3.05, 3.63) is 28.8 Å². The van der Waals surface area contributed by atoms with E-state index in [2.05, 4.69) is 5.32 Å². The van der Waals surface area contributed by atoms with Gasteiger partial charge in [0.05, 0.1) is 10.6 Å². The van der Waals surface area contributed by atoms with Crippen LogP contribution in [0.3, 0.4) is 0 Å². The van der Waals surface area contributed by atoms with Gasteiger partial charge in [0.15, 0.2) is 0 Å². The molecule has 1 amide bonds. The molecule has 0 heterocycles. The lowest BCUT2D eigenvalue weighted by atomic mass is 10.2. The van der Waals surface area contributed by atoms with Crippen LogP contribution in [0.1, 0.15) is 23.2 Å². The molecule has 1 aliphatic rings. The number of amides is 1. The molecule has 2 nitrogen and oxygen atoms in total. The van der Waals surface area contributed by atoms with Crippen LogP contribution in [0.25, 0.3) is 0 Å². The second-order valence-electron chi connectivity index (χ2n) is 4.00. The van der Waals surface area contributed by atoms with Crippen LogP contribution in [0.5, 0.6) is 0 Å². The van der Waals surface area contributed by atoms with Gasteiger partial charge in [0.25, 0.3) is 5.91 Å². The van der Waals surface area contributed by atoms with Crippen molar-refractivity contribution in [2.75, 3.05) is 12.8 Å². The Bertz CT molecular complexity index is 404. The van der Waals surface area contributed by atoms with E-state index >= 15 is 0 Å². The zero-order valence-corrected chi connectivity index (χ0v) is 10.7. The second kappa shape index (κ2) is 5.11. The van der Waals surface area contributed by atoms with Crippen molar-refractivity contribution in [2.24, 2.45) is 5.92 Å². The van der Waals surface area contributed by atoms with E-state index in [-0.39, 0.29) is 5.91 Å². The van der Waals surface area contributed by atoms with Crippen molar-refractivity contribution in [1.82, 2.24) is 5.32 Å². The maximum Gasteiger partial charge on any atom is 0.252 e. The Morgan fingerprint density at radius 3 is 2.94 bits per heavy atom. The topological polar surface area (TPSA) is 29.1 Å². The number of benzene rings is 1. The van der Waals surface area contributed by atoms with E-state index in [1.807, 2.05) is 18.4 Å². The van der Waals surface area contributed by atoms with Crippen LogP contribution in [0, 0.1) is 5.92 Å². The van der Waals surface area contributed by atoms with Gasteiger partial charge in [-0.15, -0.1) is 11.8 Å². The molecule has 0 unspecified atom stereocenters. The van der Waals surface area contributed by atoms with E-state index in [9.17, 15) is 4.79 Å². The SMILES string of the molecule is CSc1ccc(Cl)c(C(=O)NCC2CC2)c1. The van der Waals surface area contributed by atoms with E-state index in [1.54, 1.807) is 17.8 Å². The van der Waals surface area contributed by atoms with E-state index in [4.69, 9.17) is 11.6 Å². The quantitative estimate of drug-likeness (QED) is 0.838. The van der Waals surface area contributed by atoms with E-state index in [1.165, 1.54) is 12.8 Å². The van der Waals surface area contributed by atoms with Crippen LogP contribution in [-0.2, 0) is 0 Å². The molecule has 4 heteroatoms. The molecule has 0 saturated heterocycles. The Morgan fingerprint density at radius 2 is 2.31 bits per heavy atom. The largest absolute Gasteiger partial charge is 0.352 e. The predicted molar refractivity (Wildman–Crippen MR) is 68.3 cm³/mol. The maximum absolute atomic E-state index is 11.9. The van der Waals surface area contributed by atoms with Gasteiger partial charge in [-0.3, -0.25) is 4.79 Å². The third-order valence-electron chi connectivity index (χ3n) is 2.67. The van der Waals surface area contributed by atoms with Crippen molar-refractivity contribution < 1.29 is 4.79 Å². The zero-order chi connectivity index (χ0) is 11.5. The maximum atomic E-state index is 11.9. The Balaban J connectivity index is 2.07. The van der Waals surface area contributed by atoms with Crippen LogP contribution in [0.15, 0.2) is 23.1 Å². The van der Waals surface area contributed by atoms with Crippen LogP contribution >= 0.6 is 23.4 Å². The fourth-order valence-corrected chi connectivity index (χ4v) is 2.10. The summed E-state index contributed by atoms with van der Waals surface area (Å²) >= 11 is 7.62. The molecule has 2 rings (SSSR count). The van der Waals surface area contributed by atoms with Gasteiger partial charge in [0.1, 0.15) is 0 Å². The van der Waals surface area contributed by atoms with Crippen molar-refractivity contribution in [3.63, 3.8) is 0 Å². The van der Waals surface area contributed by atoms with Gasteiger partial charge >= 0.3 is 0 Å². The summed E-state index contributed by atoms with van der Waals surface area (Å²) in [5, 5.41) is 3.44. The number of thioether (sulfide) groups is 1. The lowest BCUT2D eigenvalue weighted by molar-refractivity contribution is 0.0951. The van der Waals surface area contributed by atoms with Gasteiger partial charge in [-0.25, -0.2) is 0 Å². The molecular formula is C12H14ClNOS. The Labute approximate surface area is 105 Å². The molecule has 1 aliphatic carbocycles. The molecule has 0 aromatic heterocycles. The van der Waals surface area contributed by atoms with E-state index in [0.29, 0.717) is 16.5 Å². The highest BCUT2D eigenvalue weighted by atomic mass is 35.5. The third-order valence-corrected chi connectivity index (χ3v) is 3.72. The first-order valence-electron chi connectivity index (χ1n) is 5.32. The fraction of sp³-hybridized carbons (Fsp3) is 0.417. The molecule has 16 heavy (non-hydrogen) atoms. The highest BCUT2D eigenvalue weighted by molar-refractivity contribution is 7.98. The summed E-state index contributed by atoms with van der Waals surface area (Å²) in [7, 11) is 0. The summed E-state index contributed by atoms with van der Waals surface area (Å²) in [5.41, 5.74) is 0.578. The normalized spacial score (nSPS) is 14.9. The summed E-state index contributed by atoms with van der Waals surface area (Å²) in [6.07, 6.45) is 4.45. The first kappa shape index (κ1) is 11.8. The number of halogens is 1. The van der Waals surface area contributed by atoms with E-state index < -0.39 is 0 Å². The van der Waals surface area contributed by atoms with Gasteiger partial charge in [-0.05, 0) is 43.2 Å². The van der Waals surface area contributed by atoms with Crippen LogP contribution in [-0.4, -0.2) is 18.7 Å². The highest BCUT2D eigenvalue weighted by Gasteiger charge is 2.22. The van der Waals surface area contributed by atoms with Gasteiger partial charge < -0.3 is 5.32 Å². The van der Waals surface area contributed by atoms with Gasteiger partial charge in [0.2, 0.25) is 0 Å². The predicted octanol–water partition coefficient (Wildman–Crippen LogP) is 3.20. The first-order valence-corrected chi connectivity index (χ1v) is 6.92. The second-order valence-corrected chi connectivity index (χ2v) is 5.29.